The van der Waals surface area contributed by atoms with Crippen molar-refractivity contribution in [3.05, 3.63) is 86.0 Å². The number of carbonyl (C=O) groups is 2. The quantitative estimate of drug-likeness (QED) is 0.378. The summed E-state index contributed by atoms with van der Waals surface area (Å²) in [4.78, 5) is 50.9. The van der Waals surface area contributed by atoms with E-state index in [1.807, 2.05) is 12.1 Å². The Morgan fingerprint density at radius 1 is 1.16 bits per heavy atom. The van der Waals surface area contributed by atoms with E-state index in [-0.39, 0.29) is 31.0 Å². The molecule has 2 aromatic carbocycles. The molecular formula is C23H22ClN3O5. The molecule has 1 amide bonds. The smallest absolute Gasteiger partial charge is 0.329 e. The molecule has 0 radical (unpaired) electrons. The van der Waals surface area contributed by atoms with Gasteiger partial charge in [-0.3, -0.25) is 9.59 Å². The molecule has 9 heteroatoms. The van der Waals surface area contributed by atoms with Crippen LogP contribution >= 0.6 is 11.6 Å². The Balaban J connectivity index is 1.87. The molecule has 2 unspecified atom stereocenters. The number of hydrogen-bond donors (Lipinski definition) is 2. The minimum absolute atomic E-state index is 0.00772. The number of benzene rings is 2. The van der Waals surface area contributed by atoms with E-state index in [9.17, 15) is 19.3 Å². The van der Waals surface area contributed by atoms with Gasteiger partial charge in [0.05, 0.1) is 13.2 Å². The van der Waals surface area contributed by atoms with E-state index in [0.29, 0.717) is 21.7 Å². The van der Waals surface area contributed by atoms with Crippen LogP contribution < -0.4 is 10.9 Å². The summed E-state index contributed by atoms with van der Waals surface area (Å²) in [6.45, 7) is 1.71. The van der Waals surface area contributed by atoms with Gasteiger partial charge in [-0.1, -0.05) is 41.9 Å². The summed E-state index contributed by atoms with van der Waals surface area (Å²) in [5.74, 6) is -1.42. The number of para-hydroxylation sites is 1. The van der Waals surface area contributed by atoms with Gasteiger partial charge in [-0.05, 0) is 35.9 Å². The molecule has 0 saturated heterocycles. The second-order valence-corrected chi connectivity index (χ2v) is 7.92. The molecule has 0 aliphatic rings. The fourth-order valence-corrected chi connectivity index (χ4v) is 3.33. The number of esters is 1. The van der Waals surface area contributed by atoms with Crippen LogP contribution in [-0.2, 0) is 16.0 Å². The second-order valence-electron chi connectivity index (χ2n) is 7.49. The van der Waals surface area contributed by atoms with Crippen molar-refractivity contribution >= 4 is 34.4 Å². The summed E-state index contributed by atoms with van der Waals surface area (Å²) in [5, 5.41) is 6.72. The van der Waals surface area contributed by atoms with Crippen molar-refractivity contribution in [1.29, 1.82) is 0 Å². The van der Waals surface area contributed by atoms with Crippen LogP contribution in [0.2, 0.25) is 5.02 Å². The highest BCUT2D eigenvalue weighted by Crippen LogP contribution is 2.17. The monoisotopic (exact) mass is 455 g/mol. The van der Waals surface area contributed by atoms with Gasteiger partial charge in [0.15, 0.2) is 0 Å². The van der Waals surface area contributed by atoms with Gasteiger partial charge < -0.3 is 15.0 Å². The maximum absolute atomic E-state index is 12.8. The average molecular weight is 456 g/mol. The molecule has 2 N–H and O–H groups in total. The molecule has 2 atom stereocenters. The number of aromatic nitrogens is 1. The van der Waals surface area contributed by atoms with Crippen LogP contribution in [0.4, 0.5) is 0 Å². The topological polar surface area (TPSA) is 118 Å². The largest absolute Gasteiger partial charge is 0.464 e. The zero-order valence-electron chi connectivity index (χ0n) is 17.3. The number of H-pyrrole nitrogens is 1. The predicted molar refractivity (Wildman–Crippen MR) is 122 cm³/mol. The molecule has 0 bridgehead atoms. The fraction of sp³-hybridized carbons (Fsp3) is 0.261. The molecule has 1 aromatic heterocycles. The number of nitrogens with one attached hydrogen (secondary N) is 2. The first-order chi connectivity index (χ1) is 15.4. The third kappa shape index (κ3) is 6.01. The minimum Gasteiger partial charge on any atom is -0.464 e. The number of amides is 1. The molecule has 0 aliphatic carbocycles. The van der Waals surface area contributed by atoms with Crippen molar-refractivity contribution < 1.29 is 14.3 Å². The Kier molecular flexibility index (Phi) is 7.72. The lowest BCUT2D eigenvalue weighted by atomic mass is 10.0. The fourth-order valence-electron chi connectivity index (χ4n) is 3.21. The van der Waals surface area contributed by atoms with Crippen molar-refractivity contribution in [3.63, 3.8) is 0 Å². The SMILES string of the molecule is CC(CN=O)COC(=O)C(Cc1cc(=O)[nH]c2ccccc12)NC(=O)c1ccc(Cl)cc1. The number of aromatic amines is 1. The number of halogens is 1. The van der Waals surface area contributed by atoms with Gasteiger partial charge in [-0.25, -0.2) is 4.79 Å². The predicted octanol–water partition coefficient (Wildman–Crippen LogP) is 3.47. The average Bonchev–Trinajstić information content (AvgIpc) is 2.77. The summed E-state index contributed by atoms with van der Waals surface area (Å²) in [7, 11) is 0. The number of ether oxygens (including phenoxy) is 1. The Bertz CT molecular complexity index is 1180. The van der Waals surface area contributed by atoms with Crippen molar-refractivity contribution in [3.8, 4) is 0 Å². The van der Waals surface area contributed by atoms with E-state index < -0.39 is 17.9 Å². The highest BCUT2D eigenvalue weighted by atomic mass is 35.5. The van der Waals surface area contributed by atoms with Crippen LogP contribution in [0.1, 0.15) is 22.8 Å². The van der Waals surface area contributed by atoms with Gasteiger partial charge >= 0.3 is 5.97 Å². The molecule has 0 fully saturated rings. The maximum atomic E-state index is 12.8. The molecule has 3 aromatic rings. The van der Waals surface area contributed by atoms with Gasteiger partial charge in [0.25, 0.3) is 5.91 Å². The normalized spacial score (nSPS) is 12.7. The van der Waals surface area contributed by atoms with Gasteiger partial charge in [-0.15, -0.1) is 0 Å². The molecule has 166 valence electrons. The number of rotatable bonds is 9. The van der Waals surface area contributed by atoms with E-state index in [4.69, 9.17) is 16.3 Å². The maximum Gasteiger partial charge on any atom is 0.329 e. The molecule has 3 rings (SSSR count). The van der Waals surface area contributed by atoms with Gasteiger partial charge in [0, 0.05) is 39.9 Å². The Labute approximate surface area is 188 Å². The molecule has 32 heavy (non-hydrogen) atoms. The van der Waals surface area contributed by atoms with E-state index in [0.717, 1.165) is 5.39 Å². The van der Waals surface area contributed by atoms with Crippen LogP contribution in [0, 0.1) is 10.8 Å². The zero-order valence-corrected chi connectivity index (χ0v) is 18.1. The van der Waals surface area contributed by atoms with Gasteiger partial charge in [0.1, 0.15) is 6.04 Å². The van der Waals surface area contributed by atoms with E-state index in [1.54, 1.807) is 43.3 Å². The van der Waals surface area contributed by atoms with Crippen LogP contribution in [0.3, 0.4) is 0 Å². The van der Waals surface area contributed by atoms with Crippen LogP contribution in [-0.4, -0.2) is 36.1 Å². The summed E-state index contributed by atoms with van der Waals surface area (Å²) >= 11 is 5.88. The first kappa shape index (κ1) is 23.1. The van der Waals surface area contributed by atoms with Gasteiger partial charge in [0.2, 0.25) is 5.56 Å². The summed E-state index contributed by atoms with van der Waals surface area (Å²) in [5.41, 5.74) is 1.21. The Morgan fingerprint density at radius 3 is 2.59 bits per heavy atom. The van der Waals surface area contributed by atoms with Crippen LogP contribution in [0.5, 0.6) is 0 Å². The zero-order chi connectivity index (χ0) is 23.1. The highest BCUT2D eigenvalue weighted by molar-refractivity contribution is 6.30. The first-order valence-corrected chi connectivity index (χ1v) is 10.4. The van der Waals surface area contributed by atoms with Crippen LogP contribution in [0.15, 0.2) is 64.6 Å². The summed E-state index contributed by atoms with van der Waals surface area (Å²) in [6.07, 6.45) is 0.0446. The number of carbonyl (C=O) groups excluding carboxylic acids is 2. The second kappa shape index (κ2) is 10.7. The number of hydrogen-bond acceptors (Lipinski definition) is 6. The summed E-state index contributed by atoms with van der Waals surface area (Å²) < 4.78 is 5.33. The third-order valence-corrected chi connectivity index (χ3v) is 5.10. The molecule has 0 aliphatic heterocycles. The third-order valence-electron chi connectivity index (χ3n) is 4.85. The first-order valence-electron chi connectivity index (χ1n) is 10.0. The number of nitrogens with zero attached hydrogens (tertiary/aromatic N) is 1. The molecule has 8 nitrogen and oxygen atoms in total. The Hall–Kier alpha value is -3.52. The van der Waals surface area contributed by atoms with E-state index in [2.05, 4.69) is 15.5 Å². The van der Waals surface area contributed by atoms with Crippen LogP contribution in [0.25, 0.3) is 10.9 Å². The van der Waals surface area contributed by atoms with E-state index >= 15 is 0 Å². The molecule has 1 heterocycles. The summed E-state index contributed by atoms with van der Waals surface area (Å²) in [6, 6.07) is 13.8. The standard InChI is InChI=1S/C23H22ClN3O5/c1-14(12-25-31)13-32-23(30)20(27-22(29)15-6-8-17(24)9-7-15)10-16-11-21(28)26-19-5-3-2-4-18(16)19/h2-9,11,14,20H,10,12-13H2,1H3,(H,26,28)(H,27,29). The lowest BCUT2D eigenvalue weighted by Gasteiger charge is -2.19. The molecular weight excluding hydrogens is 434 g/mol. The number of pyridine rings is 1. The van der Waals surface area contributed by atoms with Crippen molar-refractivity contribution in [2.45, 2.75) is 19.4 Å². The van der Waals surface area contributed by atoms with Crippen molar-refractivity contribution in [1.82, 2.24) is 10.3 Å². The Morgan fingerprint density at radius 2 is 1.88 bits per heavy atom. The minimum atomic E-state index is -1.06. The molecule has 0 saturated carbocycles. The van der Waals surface area contributed by atoms with Gasteiger partial charge in [-0.2, -0.15) is 4.91 Å². The molecule has 0 spiro atoms. The lowest BCUT2D eigenvalue weighted by Crippen LogP contribution is -2.44. The van der Waals surface area contributed by atoms with Crippen molar-refractivity contribution in [2.75, 3.05) is 13.2 Å². The highest BCUT2D eigenvalue weighted by Gasteiger charge is 2.25. The van der Waals surface area contributed by atoms with Crippen molar-refractivity contribution in [2.24, 2.45) is 11.1 Å². The van der Waals surface area contributed by atoms with E-state index in [1.165, 1.54) is 6.07 Å². The number of fused-ring (bicyclic) bond motifs is 1. The lowest BCUT2D eigenvalue weighted by molar-refractivity contribution is -0.147. The number of nitroso groups, excluding NO2 is 1.